The number of ether oxygens (including phenoxy) is 1. The largest absolute Gasteiger partial charge is 0.471 e. The number of aromatic nitrogens is 4. The van der Waals surface area contributed by atoms with Crippen LogP contribution in [0.5, 0.6) is 5.75 Å². The van der Waals surface area contributed by atoms with Gasteiger partial charge >= 0.3 is 0 Å². The van der Waals surface area contributed by atoms with Gasteiger partial charge in [-0.05, 0) is 35.9 Å². The summed E-state index contributed by atoms with van der Waals surface area (Å²) in [7, 11) is 0. The van der Waals surface area contributed by atoms with Crippen molar-refractivity contribution >= 4 is 11.6 Å². The maximum atomic E-state index is 13.3. The number of anilines is 1. The van der Waals surface area contributed by atoms with Crippen molar-refractivity contribution < 1.29 is 13.9 Å². The Morgan fingerprint density at radius 2 is 1.93 bits per heavy atom. The maximum absolute atomic E-state index is 13.3. The molecular formula is C21H18FN5O2. The molecule has 2 aromatic heterocycles. The average molecular weight is 391 g/mol. The standard InChI is InChI=1S/C21H18FN5O2/c22-17-6-4-5-16(11-17)13-27-14-18(12-23-27)24-21(28)20-9-10-26(25-20)15-29-19-7-2-1-3-8-19/h1-12,14H,13,15H2,(H,24,28). The minimum atomic E-state index is -0.353. The lowest BCUT2D eigenvalue weighted by Crippen LogP contribution is -2.14. The highest BCUT2D eigenvalue weighted by Crippen LogP contribution is 2.12. The summed E-state index contributed by atoms with van der Waals surface area (Å²) in [5.74, 6) is 0.0727. The molecule has 0 saturated heterocycles. The number of nitrogens with zero attached hydrogens (tertiary/aromatic N) is 4. The van der Waals surface area contributed by atoms with E-state index in [-0.39, 0.29) is 24.1 Å². The van der Waals surface area contributed by atoms with Gasteiger partial charge in [0.15, 0.2) is 12.4 Å². The van der Waals surface area contributed by atoms with Crippen molar-refractivity contribution in [2.75, 3.05) is 5.32 Å². The molecule has 0 aliphatic rings. The molecule has 146 valence electrons. The molecule has 0 unspecified atom stereocenters. The Morgan fingerprint density at radius 3 is 2.76 bits per heavy atom. The Balaban J connectivity index is 1.34. The van der Waals surface area contributed by atoms with Gasteiger partial charge in [0.2, 0.25) is 0 Å². The summed E-state index contributed by atoms with van der Waals surface area (Å²) in [6.45, 7) is 0.599. The summed E-state index contributed by atoms with van der Waals surface area (Å²) in [5.41, 5.74) is 1.57. The second-order valence-corrected chi connectivity index (χ2v) is 6.34. The second-order valence-electron chi connectivity index (χ2n) is 6.34. The normalized spacial score (nSPS) is 10.7. The smallest absolute Gasteiger partial charge is 0.276 e. The van der Waals surface area contributed by atoms with Crippen molar-refractivity contribution in [1.29, 1.82) is 0 Å². The first-order valence-corrected chi connectivity index (χ1v) is 8.95. The van der Waals surface area contributed by atoms with E-state index in [1.165, 1.54) is 23.0 Å². The summed E-state index contributed by atoms with van der Waals surface area (Å²) in [6.07, 6.45) is 4.89. The Hall–Kier alpha value is -3.94. The van der Waals surface area contributed by atoms with Crippen LogP contribution in [0, 0.1) is 5.82 Å². The van der Waals surface area contributed by atoms with E-state index in [2.05, 4.69) is 15.5 Å². The van der Waals surface area contributed by atoms with Crippen molar-refractivity contribution in [2.24, 2.45) is 0 Å². The van der Waals surface area contributed by atoms with Gasteiger partial charge in [-0.1, -0.05) is 30.3 Å². The van der Waals surface area contributed by atoms with E-state index in [0.717, 1.165) is 11.3 Å². The molecule has 4 aromatic rings. The number of carbonyl (C=O) groups is 1. The molecule has 0 atom stereocenters. The zero-order chi connectivity index (χ0) is 20.1. The molecule has 2 aromatic carbocycles. The molecule has 29 heavy (non-hydrogen) atoms. The summed E-state index contributed by atoms with van der Waals surface area (Å²) >= 11 is 0. The molecule has 7 nitrogen and oxygen atoms in total. The van der Waals surface area contributed by atoms with Gasteiger partial charge in [-0.25, -0.2) is 9.07 Å². The molecule has 0 aliphatic heterocycles. The Labute approximate surface area is 166 Å². The number of hydrogen-bond donors (Lipinski definition) is 1. The van der Waals surface area contributed by atoms with Gasteiger partial charge in [0.1, 0.15) is 11.6 Å². The summed E-state index contributed by atoms with van der Waals surface area (Å²) in [6, 6.07) is 17.3. The fourth-order valence-corrected chi connectivity index (χ4v) is 2.74. The zero-order valence-corrected chi connectivity index (χ0v) is 15.4. The molecule has 1 N–H and O–H groups in total. The van der Waals surface area contributed by atoms with Gasteiger partial charge in [0.25, 0.3) is 5.91 Å². The highest BCUT2D eigenvalue weighted by molar-refractivity contribution is 6.02. The first kappa shape index (κ1) is 18.4. The maximum Gasteiger partial charge on any atom is 0.276 e. The van der Waals surface area contributed by atoms with Crippen LogP contribution in [0.25, 0.3) is 0 Å². The number of halogens is 1. The van der Waals surface area contributed by atoms with E-state index < -0.39 is 0 Å². The van der Waals surface area contributed by atoms with Crippen LogP contribution in [0.4, 0.5) is 10.1 Å². The number of amides is 1. The monoisotopic (exact) mass is 391 g/mol. The van der Waals surface area contributed by atoms with Crippen molar-refractivity contribution in [3.8, 4) is 5.75 Å². The molecule has 0 aliphatic carbocycles. The lowest BCUT2D eigenvalue weighted by molar-refractivity contribution is 0.102. The minimum Gasteiger partial charge on any atom is -0.471 e. The van der Waals surface area contributed by atoms with Gasteiger partial charge < -0.3 is 10.1 Å². The highest BCUT2D eigenvalue weighted by Gasteiger charge is 2.11. The Bertz CT molecular complexity index is 1110. The number of para-hydroxylation sites is 1. The number of hydrogen-bond acceptors (Lipinski definition) is 4. The summed E-state index contributed by atoms with van der Waals surface area (Å²) in [4.78, 5) is 12.4. The van der Waals surface area contributed by atoms with E-state index in [4.69, 9.17) is 4.74 Å². The molecule has 0 bridgehead atoms. The van der Waals surface area contributed by atoms with E-state index >= 15 is 0 Å². The molecule has 0 spiro atoms. The number of carbonyl (C=O) groups excluding carboxylic acids is 1. The van der Waals surface area contributed by atoms with Crippen molar-refractivity contribution in [3.63, 3.8) is 0 Å². The number of nitrogens with one attached hydrogen (secondary N) is 1. The van der Waals surface area contributed by atoms with Crippen molar-refractivity contribution in [3.05, 3.63) is 96.3 Å². The van der Waals surface area contributed by atoms with Crippen molar-refractivity contribution in [1.82, 2.24) is 19.6 Å². The van der Waals surface area contributed by atoms with E-state index in [1.807, 2.05) is 36.4 Å². The zero-order valence-electron chi connectivity index (χ0n) is 15.4. The lowest BCUT2D eigenvalue weighted by Gasteiger charge is -2.05. The van der Waals surface area contributed by atoms with E-state index in [0.29, 0.717) is 12.2 Å². The van der Waals surface area contributed by atoms with Crippen LogP contribution in [0.15, 0.2) is 79.3 Å². The van der Waals surface area contributed by atoms with Crippen LogP contribution in [0.1, 0.15) is 16.1 Å². The summed E-state index contributed by atoms with van der Waals surface area (Å²) < 4.78 is 22.0. The average Bonchev–Trinajstić information content (AvgIpc) is 3.37. The van der Waals surface area contributed by atoms with Gasteiger partial charge in [-0.3, -0.25) is 9.48 Å². The van der Waals surface area contributed by atoms with Crippen LogP contribution < -0.4 is 10.1 Å². The molecule has 2 heterocycles. The quantitative estimate of drug-likeness (QED) is 0.523. The Morgan fingerprint density at radius 1 is 1.07 bits per heavy atom. The van der Waals surface area contributed by atoms with E-state index in [9.17, 15) is 9.18 Å². The third-order valence-corrected chi connectivity index (χ3v) is 4.10. The molecule has 0 fully saturated rings. The van der Waals surface area contributed by atoms with Crippen LogP contribution >= 0.6 is 0 Å². The van der Waals surface area contributed by atoms with Gasteiger partial charge in [0, 0.05) is 12.4 Å². The third-order valence-electron chi connectivity index (χ3n) is 4.10. The predicted octanol–water partition coefficient (Wildman–Crippen LogP) is 3.56. The highest BCUT2D eigenvalue weighted by atomic mass is 19.1. The van der Waals surface area contributed by atoms with Gasteiger partial charge in [-0.2, -0.15) is 10.2 Å². The second kappa shape index (κ2) is 8.39. The van der Waals surface area contributed by atoms with Crippen molar-refractivity contribution in [2.45, 2.75) is 13.3 Å². The topological polar surface area (TPSA) is 74.0 Å². The molecule has 4 rings (SSSR count). The Kier molecular flexibility index (Phi) is 5.33. The lowest BCUT2D eigenvalue weighted by atomic mass is 10.2. The third kappa shape index (κ3) is 4.86. The summed E-state index contributed by atoms with van der Waals surface area (Å²) in [5, 5.41) is 11.2. The van der Waals surface area contributed by atoms with Crippen LogP contribution in [0.3, 0.4) is 0 Å². The van der Waals surface area contributed by atoms with Gasteiger partial charge in [0.05, 0.1) is 18.4 Å². The molecule has 0 radical (unpaired) electrons. The SMILES string of the molecule is O=C(Nc1cnn(Cc2cccc(F)c2)c1)c1ccn(COc2ccccc2)n1. The number of rotatable bonds is 7. The van der Waals surface area contributed by atoms with Crippen LogP contribution in [-0.4, -0.2) is 25.5 Å². The fourth-order valence-electron chi connectivity index (χ4n) is 2.74. The molecule has 8 heteroatoms. The molecule has 0 saturated carbocycles. The number of benzene rings is 2. The fraction of sp³-hybridized carbons (Fsp3) is 0.0952. The molecular weight excluding hydrogens is 373 g/mol. The predicted molar refractivity (Wildman–Crippen MR) is 105 cm³/mol. The molecule has 1 amide bonds. The van der Waals surface area contributed by atoms with E-state index in [1.54, 1.807) is 29.2 Å². The van der Waals surface area contributed by atoms with Crippen LogP contribution in [-0.2, 0) is 13.3 Å². The minimum absolute atomic E-state index is 0.197. The first-order valence-electron chi connectivity index (χ1n) is 8.95. The van der Waals surface area contributed by atoms with Crippen LogP contribution in [0.2, 0.25) is 0 Å². The first-order chi connectivity index (χ1) is 14.2. The van der Waals surface area contributed by atoms with Gasteiger partial charge in [-0.15, -0.1) is 0 Å².